The zero-order valence-corrected chi connectivity index (χ0v) is 10.3. The predicted molar refractivity (Wildman–Crippen MR) is 70.9 cm³/mol. The Bertz CT molecular complexity index is 603. The summed E-state index contributed by atoms with van der Waals surface area (Å²) < 4.78 is 19.1. The monoisotopic (exact) mass is 256 g/mol. The number of anilines is 1. The second-order valence-electron chi connectivity index (χ2n) is 4.09. The first kappa shape index (κ1) is 12.9. The van der Waals surface area contributed by atoms with Crippen molar-refractivity contribution >= 4 is 5.69 Å². The van der Waals surface area contributed by atoms with Crippen LogP contribution in [0.2, 0.25) is 0 Å². The minimum Gasteiger partial charge on any atom is -0.489 e. The van der Waals surface area contributed by atoms with Crippen molar-refractivity contribution in [3.05, 3.63) is 59.4 Å². The van der Waals surface area contributed by atoms with Gasteiger partial charge in [0.15, 0.2) is 5.82 Å². The number of hydrogen-bond acceptors (Lipinski definition) is 3. The summed E-state index contributed by atoms with van der Waals surface area (Å²) in [6.45, 7) is 0.120. The molecule has 96 valence electrons. The smallest absolute Gasteiger partial charge is 0.152 e. The highest BCUT2D eigenvalue weighted by Crippen LogP contribution is 2.18. The fourth-order valence-corrected chi connectivity index (χ4v) is 1.67. The van der Waals surface area contributed by atoms with Gasteiger partial charge in [0.1, 0.15) is 12.4 Å². The zero-order chi connectivity index (χ0) is 13.7. The Morgan fingerprint density at radius 2 is 1.89 bits per heavy atom. The number of nitrogens with zero attached hydrogens (tertiary/aromatic N) is 1. The molecule has 3 nitrogen and oxygen atoms in total. The van der Waals surface area contributed by atoms with Crippen molar-refractivity contribution in [1.82, 2.24) is 0 Å². The summed E-state index contributed by atoms with van der Waals surface area (Å²) in [5.41, 5.74) is 6.94. The molecule has 4 heteroatoms. The van der Waals surface area contributed by atoms with Crippen molar-refractivity contribution in [2.24, 2.45) is 0 Å². The second kappa shape index (κ2) is 5.87. The predicted octanol–water partition coefficient (Wildman–Crippen LogP) is 3.05. The second-order valence-corrected chi connectivity index (χ2v) is 4.09. The lowest BCUT2D eigenvalue weighted by Gasteiger charge is -2.08. The van der Waals surface area contributed by atoms with Crippen LogP contribution in [-0.4, -0.2) is 0 Å². The fourth-order valence-electron chi connectivity index (χ4n) is 1.67. The number of halogens is 1. The molecule has 0 heterocycles. The molecule has 0 unspecified atom stereocenters. The number of ether oxygens (including phenoxy) is 1. The van der Waals surface area contributed by atoms with Gasteiger partial charge in [0.25, 0.3) is 0 Å². The van der Waals surface area contributed by atoms with E-state index in [1.807, 2.05) is 12.1 Å². The number of rotatable bonds is 4. The molecular weight excluding hydrogens is 243 g/mol. The molecule has 0 amide bonds. The summed E-state index contributed by atoms with van der Waals surface area (Å²) in [4.78, 5) is 0. The first-order chi connectivity index (χ1) is 9.20. The Morgan fingerprint density at radius 1 is 1.16 bits per heavy atom. The average molecular weight is 256 g/mol. The van der Waals surface area contributed by atoms with Gasteiger partial charge in [-0.05, 0) is 23.8 Å². The van der Waals surface area contributed by atoms with Crippen LogP contribution in [0.15, 0.2) is 42.5 Å². The third-order valence-corrected chi connectivity index (χ3v) is 2.71. The summed E-state index contributed by atoms with van der Waals surface area (Å²) in [6, 6.07) is 14.1. The molecule has 0 bridgehead atoms. The van der Waals surface area contributed by atoms with E-state index in [-0.39, 0.29) is 12.3 Å². The summed E-state index contributed by atoms with van der Waals surface area (Å²) in [5, 5.41) is 8.56. The molecule has 0 aliphatic carbocycles. The Hall–Kier alpha value is -2.54. The van der Waals surface area contributed by atoms with Gasteiger partial charge in [-0.2, -0.15) is 5.26 Å². The SMILES string of the molecule is N#CCc1ccc(OCc2cccc(N)c2F)cc1. The Balaban J connectivity index is 2.02. The number of nitrogen functional groups attached to an aromatic ring is 1. The van der Waals surface area contributed by atoms with Crippen LogP contribution in [0, 0.1) is 17.1 Å². The molecule has 2 N–H and O–H groups in total. The van der Waals surface area contributed by atoms with E-state index in [0.29, 0.717) is 17.7 Å². The van der Waals surface area contributed by atoms with Crippen LogP contribution in [0.4, 0.5) is 10.1 Å². The van der Waals surface area contributed by atoms with Crippen LogP contribution in [0.5, 0.6) is 5.75 Å². The van der Waals surface area contributed by atoms with Crippen molar-refractivity contribution in [2.75, 3.05) is 5.73 Å². The van der Waals surface area contributed by atoms with Gasteiger partial charge >= 0.3 is 0 Å². The van der Waals surface area contributed by atoms with Crippen LogP contribution in [-0.2, 0) is 13.0 Å². The van der Waals surface area contributed by atoms with E-state index in [2.05, 4.69) is 6.07 Å². The highest BCUT2D eigenvalue weighted by atomic mass is 19.1. The van der Waals surface area contributed by atoms with Gasteiger partial charge in [0.05, 0.1) is 18.2 Å². The minimum absolute atomic E-state index is 0.116. The van der Waals surface area contributed by atoms with E-state index in [1.54, 1.807) is 24.3 Å². The van der Waals surface area contributed by atoms with Gasteiger partial charge in [-0.1, -0.05) is 24.3 Å². The molecule has 0 fully saturated rings. The van der Waals surface area contributed by atoms with Crippen molar-refractivity contribution in [3.63, 3.8) is 0 Å². The summed E-state index contributed by atoms with van der Waals surface area (Å²) in [5.74, 6) is 0.187. The quantitative estimate of drug-likeness (QED) is 0.855. The Kier molecular flexibility index (Phi) is 3.99. The lowest BCUT2D eigenvalue weighted by Crippen LogP contribution is -2.01. The third-order valence-electron chi connectivity index (χ3n) is 2.71. The first-order valence-electron chi connectivity index (χ1n) is 5.82. The highest BCUT2D eigenvalue weighted by Gasteiger charge is 2.05. The number of nitriles is 1. The fraction of sp³-hybridized carbons (Fsp3) is 0.133. The maximum Gasteiger partial charge on any atom is 0.152 e. The van der Waals surface area contributed by atoms with Gasteiger partial charge in [-0.3, -0.25) is 0 Å². The highest BCUT2D eigenvalue weighted by molar-refractivity contribution is 5.42. The van der Waals surface area contributed by atoms with Gasteiger partial charge in [-0.25, -0.2) is 4.39 Å². The van der Waals surface area contributed by atoms with E-state index in [0.717, 1.165) is 5.56 Å². The maximum atomic E-state index is 13.6. The lowest BCUT2D eigenvalue weighted by molar-refractivity contribution is 0.300. The number of benzene rings is 2. The topological polar surface area (TPSA) is 59.0 Å². The lowest BCUT2D eigenvalue weighted by atomic mass is 10.1. The minimum atomic E-state index is -0.441. The number of nitrogens with two attached hydrogens (primary N) is 1. The van der Waals surface area contributed by atoms with Gasteiger partial charge in [-0.15, -0.1) is 0 Å². The van der Waals surface area contributed by atoms with Crippen LogP contribution >= 0.6 is 0 Å². The van der Waals surface area contributed by atoms with E-state index < -0.39 is 5.82 Å². The van der Waals surface area contributed by atoms with Crippen molar-refractivity contribution in [2.45, 2.75) is 13.0 Å². The van der Waals surface area contributed by atoms with Crippen molar-refractivity contribution in [3.8, 4) is 11.8 Å². The normalized spacial score (nSPS) is 9.89. The standard InChI is InChI=1S/C15H13FN2O/c16-15-12(2-1-3-14(15)18)10-19-13-6-4-11(5-7-13)8-9-17/h1-7H,8,10,18H2. The molecule has 0 spiro atoms. The van der Waals surface area contributed by atoms with Gasteiger partial charge in [0, 0.05) is 5.56 Å². The molecule has 0 aromatic heterocycles. The van der Waals surface area contributed by atoms with E-state index in [4.69, 9.17) is 15.7 Å². The van der Waals surface area contributed by atoms with Crippen LogP contribution < -0.4 is 10.5 Å². The first-order valence-corrected chi connectivity index (χ1v) is 5.82. The van der Waals surface area contributed by atoms with E-state index in [9.17, 15) is 4.39 Å². The van der Waals surface area contributed by atoms with Crippen LogP contribution in [0.1, 0.15) is 11.1 Å². The van der Waals surface area contributed by atoms with Gasteiger partial charge < -0.3 is 10.5 Å². The maximum absolute atomic E-state index is 13.6. The molecule has 2 aromatic rings. The number of hydrogen-bond donors (Lipinski definition) is 1. The Morgan fingerprint density at radius 3 is 2.58 bits per heavy atom. The zero-order valence-electron chi connectivity index (χ0n) is 10.3. The molecule has 2 aromatic carbocycles. The van der Waals surface area contributed by atoms with Crippen LogP contribution in [0.25, 0.3) is 0 Å². The molecule has 0 atom stereocenters. The molecular formula is C15H13FN2O. The van der Waals surface area contributed by atoms with Crippen molar-refractivity contribution < 1.29 is 9.13 Å². The largest absolute Gasteiger partial charge is 0.489 e. The molecule has 0 saturated carbocycles. The van der Waals surface area contributed by atoms with E-state index >= 15 is 0 Å². The Labute approximate surface area is 111 Å². The van der Waals surface area contributed by atoms with E-state index in [1.165, 1.54) is 6.07 Å². The summed E-state index contributed by atoms with van der Waals surface area (Å²) in [7, 11) is 0. The molecule has 0 radical (unpaired) electrons. The molecule has 2 rings (SSSR count). The summed E-state index contributed by atoms with van der Waals surface area (Å²) >= 11 is 0. The average Bonchev–Trinajstić information content (AvgIpc) is 2.42. The van der Waals surface area contributed by atoms with Crippen LogP contribution in [0.3, 0.4) is 0 Å². The molecule has 19 heavy (non-hydrogen) atoms. The third kappa shape index (κ3) is 3.23. The van der Waals surface area contributed by atoms with Crippen molar-refractivity contribution in [1.29, 1.82) is 5.26 Å². The molecule has 0 aliphatic rings. The molecule has 0 saturated heterocycles. The van der Waals surface area contributed by atoms with Gasteiger partial charge in [0.2, 0.25) is 0 Å². The molecule has 0 aliphatic heterocycles. The summed E-state index contributed by atoms with van der Waals surface area (Å²) in [6.07, 6.45) is 0.365.